The lowest BCUT2D eigenvalue weighted by molar-refractivity contribution is -0.385. The first kappa shape index (κ1) is 15.9. The Balaban J connectivity index is 3.16. The molecule has 1 unspecified atom stereocenters. The monoisotopic (exact) mass is 280 g/mol. The van der Waals surface area contributed by atoms with Crippen molar-refractivity contribution in [3.63, 3.8) is 0 Å². The highest BCUT2D eigenvalue weighted by molar-refractivity contribution is 5.98. The topological polar surface area (TPSA) is 83.7 Å². The summed E-state index contributed by atoms with van der Waals surface area (Å²) in [5, 5.41) is 20.7. The number of hydrogen-bond acceptors (Lipinski definition) is 4. The Hall–Kier alpha value is -2.11. The first-order valence-electron chi connectivity index (χ1n) is 6.31. The van der Waals surface area contributed by atoms with Gasteiger partial charge in [-0.2, -0.15) is 0 Å². The zero-order chi connectivity index (χ0) is 15.7. The van der Waals surface area contributed by atoms with Crippen LogP contribution >= 0.6 is 0 Å². The van der Waals surface area contributed by atoms with E-state index in [0.717, 1.165) is 0 Å². The zero-order valence-electron chi connectivity index (χ0n) is 12.4. The number of nitro groups is 1. The average Bonchev–Trinajstić information content (AvgIpc) is 2.35. The molecule has 0 aliphatic carbocycles. The van der Waals surface area contributed by atoms with E-state index in [1.807, 2.05) is 27.7 Å². The Kier molecular flexibility index (Phi) is 4.37. The second-order valence-electron chi connectivity index (χ2n) is 5.89. The fourth-order valence-electron chi connectivity index (χ4n) is 1.80. The van der Waals surface area contributed by atoms with Crippen LogP contribution in [0, 0.1) is 15.5 Å². The number of rotatable bonds is 3. The Labute approximate surface area is 118 Å². The third-order valence-electron chi connectivity index (χ3n) is 3.60. The van der Waals surface area contributed by atoms with Gasteiger partial charge in [-0.1, -0.05) is 26.8 Å². The number of carbonyl (C=O) groups is 1. The summed E-state index contributed by atoms with van der Waals surface area (Å²) in [5.74, 6) is -1.02. The van der Waals surface area contributed by atoms with E-state index in [-0.39, 0.29) is 17.0 Å². The van der Waals surface area contributed by atoms with Crippen molar-refractivity contribution in [2.24, 2.45) is 5.41 Å². The van der Waals surface area contributed by atoms with Gasteiger partial charge in [0.25, 0.3) is 5.91 Å². The minimum Gasteiger partial charge on any atom is -0.502 e. The number of nitrogens with zero attached hydrogens (tertiary/aromatic N) is 2. The molecule has 6 heteroatoms. The first-order chi connectivity index (χ1) is 9.07. The summed E-state index contributed by atoms with van der Waals surface area (Å²) < 4.78 is 0. The Bertz CT molecular complexity index is 534. The fourth-order valence-corrected chi connectivity index (χ4v) is 1.80. The number of phenolic OH excluding ortho intramolecular Hbond substituents is 1. The predicted molar refractivity (Wildman–Crippen MR) is 75.8 cm³/mol. The number of nitro benzene ring substituents is 1. The van der Waals surface area contributed by atoms with Crippen LogP contribution in [0.15, 0.2) is 18.2 Å². The second-order valence-corrected chi connectivity index (χ2v) is 5.89. The first-order valence-corrected chi connectivity index (χ1v) is 6.31. The van der Waals surface area contributed by atoms with E-state index in [4.69, 9.17) is 0 Å². The van der Waals surface area contributed by atoms with Crippen LogP contribution < -0.4 is 0 Å². The molecule has 6 nitrogen and oxygen atoms in total. The number of hydrogen-bond donors (Lipinski definition) is 1. The molecule has 0 fully saturated rings. The molecule has 1 N–H and O–H groups in total. The van der Waals surface area contributed by atoms with Gasteiger partial charge >= 0.3 is 5.69 Å². The highest BCUT2D eigenvalue weighted by atomic mass is 16.6. The lowest BCUT2D eigenvalue weighted by Gasteiger charge is -2.35. The lowest BCUT2D eigenvalue weighted by Crippen LogP contribution is -2.43. The van der Waals surface area contributed by atoms with Crippen LogP contribution in [0.2, 0.25) is 0 Å². The van der Waals surface area contributed by atoms with E-state index >= 15 is 0 Å². The zero-order valence-corrected chi connectivity index (χ0v) is 12.4. The van der Waals surface area contributed by atoms with Crippen LogP contribution in [-0.2, 0) is 0 Å². The van der Waals surface area contributed by atoms with Gasteiger partial charge in [-0.15, -0.1) is 0 Å². The van der Waals surface area contributed by atoms with E-state index < -0.39 is 22.3 Å². The number of aromatic hydroxyl groups is 1. The molecular formula is C14H20N2O4. The van der Waals surface area contributed by atoms with Crippen molar-refractivity contribution in [1.29, 1.82) is 0 Å². The van der Waals surface area contributed by atoms with Crippen molar-refractivity contribution in [3.05, 3.63) is 33.9 Å². The molecule has 0 aromatic heterocycles. The van der Waals surface area contributed by atoms with E-state index in [1.165, 1.54) is 23.1 Å². The van der Waals surface area contributed by atoms with E-state index in [1.54, 1.807) is 7.05 Å². The quantitative estimate of drug-likeness (QED) is 0.681. The minimum atomic E-state index is -0.709. The highest BCUT2D eigenvalue weighted by Gasteiger charge is 2.30. The molecule has 0 bridgehead atoms. The molecule has 0 radical (unpaired) electrons. The van der Waals surface area contributed by atoms with Gasteiger partial charge in [0.1, 0.15) is 0 Å². The molecule has 0 aliphatic rings. The molecule has 0 aliphatic heterocycles. The highest BCUT2D eigenvalue weighted by Crippen LogP contribution is 2.31. The van der Waals surface area contributed by atoms with E-state index in [0.29, 0.717) is 0 Å². The molecule has 1 atom stereocenters. The number of para-hydroxylation sites is 1. The van der Waals surface area contributed by atoms with E-state index in [2.05, 4.69) is 0 Å². The third-order valence-corrected chi connectivity index (χ3v) is 3.60. The maximum Gasteiger partial charge on any atom is 0.311 e. The summed E-state index contributed by atoms with van der Waals surface area (Å²) in [6, 6.07) is 3.85. The van der Waals surface area contributed by atoms with Crippen molar-refractivity contribution < 1.29 is 14.8 Å². The standard InChI is InChI=1S/C14H20N2O4/c1-9(14(2,3)4)15(5)13(18)10-7-6-8-11(12(10)17)16(19)20/h6-9,17H,1-5H3. The molecule has 1 aromatic carbocycles. The SMILES string of the molecule is CC(N(C)C(=O)c1cccc([N+](=O)[O-])c1O)C(C)(C)C. The average molecular weight is 280 g/mol. The molecule has 0 heterocycles. The van der Waals surface area contributed by atoms with Crippen molar-refractivity contribution >= 4 is 11.6 Å². The van der Waals surface area contributed by atoms with Crippen LogP contribution in [0.3, 0.4) is 0 Å². The van der Waals surface area contributed by atoms with Gasteiger partial charge in [0.2, 0.25) is 5.75 Å². The fraction of sp³-hybridized carbons (Fsp3) is 0.500. The normalized spacial score (nSPS) is 12.8. The van der Waals surface area contributed by atoms with Crippen LogP contribution in [-0.4, -0.2) is 33.9 Å². The largest absolute Gasteiger partial charge is 0.502 e. The molecule has 20 heavy (non-hydrogen) atoms. The van der Waals surface area contributed by atoms with Crippen LogP contribution in [0.25, 0.3) is 0 Å². The maximum atomic E-state index is 12.4. The number of carbonyl (C=O) groups excluding carboxylic acids is 1. The summed E-state index contributed by atoms with van der Waals surface area (Å²) >= 11 is 0. The molecule has 0 saturated carbocycles. The second kappa shape index (κ2) is 5.48. The summed E-state index contributed by atoms with van der Waals surface area (Å²) in [7, 11) is 1.62. The molecule has 1 rings (SSSR count). The molecule has 110 valence electrons. The maximum absolute atomic E-state index is 12.4. The summed E-state index contributed by atoms with van der Waals surface area (Å²) in [4.78, 5) is 23.9. The molecule has 1 aromatic rings. The number of phenols is 1. The van der Waals surface area contributed by atoms with Gasteiger partial charge in [0.05, 0.1) is 10.5 Å². The Morgan fingerprint density at radius 3 is 2.40 bits per heavy atom. The van der Waals surface area contributed by atoms with Gasteiger partial charge in [-0.25, -0.2) is 0 Å². The smallest absolute Gasteiger partial charge is 0.311 e. The number of benzene rings is 1. The summed E-state index contributed by atoms with van der Waals surface area (Å²) in [5.41, 5.74) is -0.661. The van der Waals surface area contributed by atoms with Crippen LogP contribution in [0.5, 0.6) is 5.75 Å². The van der Waals surface area contributed by atoms with Crippen molar-refractivity contribution in [3.8, 4) is 5.75 Å². The summed E-state index contributed by atoms with van der Waals surface area (Å²) in [6.45, 7) is 7.88. The van der Waals surface area contributed by atoms with Gasteiger partial charge in [-0.05, 0) is 18.4 Å². The Morgan fingerprint density at radius 1 is 1.40 bits per heavy atom. The van der Waals surface area contributed by atoms with Crippen molar-refractivity contribution in [2.45, 2.75) is 33.7 Å². The van der Waals surface area contributed by atoms with Crippen LogP contribution in [0.1, 0.15) is 38.1 Å². The third kappa shape index (κ3) is 3.07. The number of amides is 1. The lowest BCUT2D eigenvalue weighted by atomic mass is 9.87. The molecule has 0 saturated heterocycles. The summed E-state index contributed by atoms with van der Waals surface area (Å²) in [6.07, 6.45) is 0. The van der Waals surface area contributed by atoms with Gasteiger partial charge in [0.15, 0.2) is 0 Å². The molecular weight excluding hydrogens is 260 g/mol. The molecule has 1 amide bonds. The van der Waals surface area contributed by atoms with Crippen molar-refractivity contribution in [1.82, 2.24) is 4.90 Å². The van der Waals surface area contributed by atoms with Gasteiger partial charge in [-0.3, -0.25) is 14.9 Å². The predicted octanol–water partition coefficient (Wildman–Crippen LogP) is 2.81. The Morgan fingerprint density at radius 2 is 1.95 bits per heavy atom. The van der Waals surface area contributed by atoms with E-state index in [9.17, 15) is 20.0 Å². The van der Waals surface area contributed by atoms with Gasteiger partial charge in [0, 0.05) is 19.2 Å². The van der Waals surface area contributed by atoms with Crippen molar-refractivity contribution in [2.75, 3.05) is 7.05 Å². The molecule has 0 spiro atoms. The minimum absolute atomic E-state index is 0.0576. The van der Waals surface area contributed by atoms with Gasteiger partial charge < -0.3 is 10.0 Å². The van der Waals surface area contributed by atoms with Crippen LogP contribution in [0.4, 0.5) is 5.69 Å².